The van der Waals surface area contributed by atoms with Gasteiger partial charge in [0.1, 0.15) is 0 Å². The van der Waals surface area contributed by atoms with Gasteiger partial charge in [-0.2, -0.15) is 0 Å². The van der Waals surface area contributed by atoms with Crippen LogP contribution >= 0.6 is 22.0 Å². The first kappa shape index (κ1) is 29.1. The van der Waals surface area contributed by atoms with E-state index in [9.17, 15) is 0 Å². The predicted molar refractivity (Wildman–Crippen MR) is 170 cm³/mol. The van der Waals surface area contributed by atoms with Crippen molar-refractivity contribution in [1.82, 2.24) is 9.97 Å². The maximum Gasteiger partial charge on any atom is -0.0134 e. The van der Waals surface area contributed by atoms with Gasteiger partial charge in [-0.25, -0.2) is 0 Å². The summed E-state index contributed by atoms with van der Waals surface area (Å²) in [4.78, 5) is 9.16. The Kier molecular flexibility index (Phi) is 10.4. The van der Waals surface area contributed by atoms with Gasteiger partial charge in [0.05, 0.1) is 11.0 Å². The third-order valence-electron chi connectivity index (χ3n) is 6.96. The topological polar surface area (TPSA) is 25.8 Å². The zero-order valence-corrected chi connectivity index (χ0v) is 25.9. The van der Waals surface area contributed by atoms with Crippen molar-refractivity contribution in [3.8, 4) is 0 Å². The predicted octanol–water partition coefficient (Wildman–Crippen LogP) is 8.30. The first-order valence-corrected chi connectivity index (χ1v) is 16.4. The monoisotopic (exact) mass is 640 g/mol. The number of aryl methyl sites for hydroxylation is 4. The molecule has 0 fully saturated rings. The fraction of sp³-hybridized carbons (Fsp3) is 0.118. The average molecular weight is 642 g/mol. The molecule has 0 amide bonds. The van der Waals surface area contributed by atoms with Gasteiger partial charge in [0, 0.05) is 23.2 Å². The smallest absolute Gasteiger partial charge is 0.0134 e. The van der Waals surface area contributed by atoms with E-state index in [4.69, 9.17) is 0 Å². The number of rotatable bonds is 3. The molecular weight excluding hydrogens is 611 g/mol. The normalized spacial score (nSPS) is 10.6. The number of hydrogen-bond acceptors (Lipinski definition) is 2. The fourth-order valence-electron chi connectivity index (χ4n) is 4.57. The van der Waals surface area contributed by atoms with E-state index in [-0.39, 0.29) is 0 Å². The largest absolute Gasteiger partial charge is 0.0622 e. The second-order valence-electron chi connectivity index (χ2n) is 9.33. The number of halogens is 1. The van der Waals surface area contributed by atoms with E-state index in [0.717, 1.165) is 11.0 Å². The van der Waals surface area contributed by atoms with Gasteiger partial charge in [-0.3, -0.25) is 9.97 Å². The second-order valence-corrected chi connectivity index (χ2v) is 11.6. The molecule has 0 aliphatic heterocycles. The molecule has 2 nitrogen and oxygen atoms in total. The van der Waals surface area contributed by atoms with E-state index in [1.165, 1.54) is 48.9 Å². The number of nitrogens with zero attached hydrogens (tertiary/aromatic N) is 2. The van der Waals surface area contributed by atoms with Gasteiger partial charge < -0.3 is 0 Å². The Hall–Kier alpha value is -2.87. The Labute approximate surface area is 248 Å². The summed E-state index contributed by atoms with van der Waals surface area (Å²) in [7, 11) is -0.446. The van der Waals surface area contributed by atoms with E-state index in [2.05, 4.69) is 169 Å². The molecular formula is C34H31BrCuN2P. The van der Waals surface area contributed by atoms with Crippen molar-refractivity contribution >= 4 is 59.8 Å². The molecule has 0 spiro atoms. The first-order chi connectivity index (χ1) is 19.0. The molecule has 200 valence electrons. The minimum absolute atomic E-state index is 0.446. The van der Waals surface area contributed by atoms with Gasteiger partial charge in [-0.15, -0.1) is 0 Å². The summed E-state index contributed by atoms with van der Waals surface area (Å²) >= 11 is 6.50. The van der Waals surface area contributed by atoms with E-state index < -0.39 is 7.92 Å². The molecule has 6 rings (SSSR count). The van der Waals surface area contributed by atoms with Crippen molar-refractivity contribution in [2.75, 3.05) is 0 Å². The minimum atomic E-state index is -0.446. The van der Waals surface area contributed by atoms with Gasteiger partial charge >= 0.3 is 28.3 Å². The summed E-state index contributed by atoms with van der Waals surface area (Å²) in [5.74, 6) is 0. The number of pyridine rings is 2. The molecule has 2 aromatic heterocycles. The van der Waals surface area contributed by atoms with Crippen molar-refractivity contribution in [1.29, 1.82) is 0 Å². The van der Waals surface area contributed by atoms with Crippen LogP contribution in [0.2, 0.25) is 0 Å². The summed E-state index contributed by atoms with van der Waals surface area (Å²) in [6.45, 7) is 8.48. The number of fused-ring (bicyclic) bond motifs is 3. The van der Waals surface area contributed by atoms with Crippen molar-refractivity contribution in [2.24, 2.45) is 0 Å². The molecule has 6 aromatic rings. The van der Waals surface area contributed by atoms with Crippen LogP contribution in [0.1, 0.15) is 22.3 Å². The molecule has 0 unspecified atom stereocenters. The summed E-state index contributed by atoms with van der Waals surface area (Å²) in [6.07, 6.45) is 3.88. The van der Waals surface area contributed by atoms with Crippen LogP contribution in [-0.4, -0.2) is 9.97 Å². The standard InChI is InChI=1S/C18H15P.C16H16N2.BrH.Cu/c1-4-10-16(11-5-1)19(17-12-6-2-7-13-17)18-14-8-3-9-15-18;1-9-7-17-15-13(11(9)3)5-6-14-12(4)10(2)8-18-16(14)15;;/h1-15H;5-8H,1-4H3;1H;/q;;;+1/p-1. The summed E-state index contributed by atoms with van der Waals surface area (Å²) in [5, 5.41) is 6.61. The molecule has 0 atom stereocenters. The van der Waals surface area contributed by atoms with Gasteiger partial charge in [0.25, 0.3) is 0 Å². The van der Waals surface area contributed by atoms with E-state index in [1.54, 1.807) is 0 Å². The molecule has 39 heavy (non-hydrogen) atoms. The van der Waals surface area contributed by atoms with Gasteiger partial charge in [-0.05, 0) is 73.8 Å². The molecule has 0 aliphatic carbocycles. The Morgan fingerprint density at radius 3 is 1.10 bits per heavy atom. The van der Waals surface area contributed by atoms with Crippen LogP contribution in [0.4, 0.5) is 0 Å². The zero-order valence-electron chi connectivity index (χ0n) is 22.5. The quantitative estimate of drug-likeness (QED) is 0.110. The van der Waals surface area contributed by atoms with E-state index in [1.807, 2.05) is 12.4 Å². The molecule has 0 N–H and O–H groups in total. The molecule has 4 aromatic carbocycles. The van der Waals surface area contributed by atoms with Crippen LogP contribution in [0.25, 0.3) is 21.8 Å². The van der Waals surface area contributed by atoms with Crippen LogP contribution in [0.3, 0.4) is 0 Å². The Morgan fingerprint density at radius 2 is 0.795 bits per heavy atom. The van der Waals surface area contributed by atoms with Crippen molar-refractivity contribution in [2.45, 2.75) is 27.7 Å². The van der Waals surface area contributed by atoms with Crippen LogP contribution < -0.4 is 15.9 Å². The number of hydrogen-bond donors (Lipinski definition) is 0. The van der Waals surface area contributed by atoms with E-state index >= 15 is 0 Å². The molecule has 2 heterocycles. The van der Waals surface area contributed by atoms with E-state index in [0.29, 0.717) is 0 Å². The van der Waals surface area contributed by atoms with Gasteiger partial charge in [-0.1, -0.05) is 103 Å². The second kappa shape index (κ2) is 14.0. The third-order valence-corrected chi connectivity index (χ3v) is 9.40. The van der Waals surface area contributed by atoms with Crippen LogP contribution in [0, 0.1) is 27.7 Å². The Balaban J connectivity index is 0.000000170. The SMILES string of the molecule is Cc1cnc2c(ccc3c(C)c(C)cnc32)c1C.[Cu][Br].c1ccc(P(c2ccccc2)c2ccccc2)cc1. The van der Waals surface area contributed by atoms with Crippen molar-refractivity contribution < 1.29 is 14.2 Å². The maximum atomic E-state index is 4.58. The van der Waals surface area contributed by atoms with Gasteiger partial charge in [0.2, 0.25) is 0 Å². The molecule has 5 heteroatoms. The van der Waals surface area contributed by atoms with Crippen LogP contribution in [-0.2, 0) is 14.2 Å². The number of aromatic nitrogens is 2. The van der Waals surface area contributed by atoms with Crippen molar-refractivity contribution in [3.63, 3.8) is 0 Å². The Morgan fingerprint density at radius 1 is 0.487 bits per heavy atom. The molecule has 0 radical (unpaired) electrons. The first-order valence-electron chi connectivity index (χ1n) is 12.7. The number of benzene rings is 4. The molecule has 0 saturated carbocycles. The fourth-order valence-corrected chi connectivity index (χ4v) is 6.87. The summed E-state index contributed by atoms with van der Waals surface area (Å²) in [5.41, 5.74) is 7.07. The summed E-state index contributed by atoms with van der Waals surface area (Å²) in [6, 6.07) is 36.7. The maximum absolute atomic E-state index is 4.58. The van der Waals surface area contributed by atoms with Crippen LogP contribution in [0.5, 0.6) is 0 Å². The summed E-state index contributed by atoms with van der Waals surface area (Å²) < 4.78 is 0. The van der Waals surface area contributed by atoms with Crippen LogP contribution in [0.15, 0.2) is 116 Å². The minimum Gasteiger partial charge on any atom is -0.0622 e. The average Bonchev–Trinajstić information content (AvgIpc) is 3.00. The molecule has 0 bridgehead atoms. The molecule has 0 aliphatic rings. The van der Waals surface area contributed by atoms with Gasteiger partial charge in [0.15, 0.2) is 0 Å². The third kappa shape index (κ3) is 6.65. The zero-order chi connectivity index (χ0) is 27.8. The Bertz CT molecular complexity index is 1500. The molecule has 0 saturated heterocycles. The van der Waals surface area contributed by atoms with Crippen molar-refractivity contribution in [3.05, 3.63) is 138 Å².